The summed E-state index contributed by atoms with van der Waals surface area (Å²) in [6.45, 7) is 25.7. The van der Waals surface area contributed by atoms with Gasteiger partial charge in [-0.1, -0.05) is 46.8 Å². The molecule has 2 heterocycles. The van der Waals surface area contributed by atoms with Crippen LogP contribution in [-0.2, 0) is 28.5 Å². The highest BCUT2D eigenvalue weighted by molar-refractivity contribution is 5.79. The van der Waals surface area contributed by atoms with Crippen molar-refractivity contribution in [2.75, 3.05) is 14.2 Å². The van der Waals surface area contributed by atoms with Crippen molar-refractivity contribution in [2.45, 2.75) is 144 Å². The van der Waals surface area contributed by atoms with E-state index < -0.39 is 48.4 Å². The summed E-state index contributed by atoms with van der Waals surface area (Å²) in [5.41, 5.74) is 1.55. The highest BCUT2D eigenvalue weighted by atomic mass is 16.7. The first-order valence-corrected chi connectivity index (χ1v) is 17.1. The van der Waals surface area contributed by atoms with Gasteiger partial charge in [-0.2, -0.15) is 0 Å². The van der Waals surface area contributed by atoms with Gasteiger partial charge in [-0.15, -0.1) is 0 Å². The Morgan fingerprint density at radius 3 is 2.23 bits per heavy atom. The molecule has 1 aromatic rings. The van der Waals surface area contributed by atoms with Gasteiger partial charge in [0.05, 0.1) is 32.5 Å². The van der Waals surface area contributed by atoms with Crippen LogP contribution in [0.25, 0.3) is 0 Å². The van der Waals surface area contributed by atoms with Gasteiger partial charge >= 0.3 is 12.1 Å². The molecule has 10 heteroatoms. The van der Waals surface area contributed by atoms with Crippen molar-refractivity contribution in [1.82, 2.24) is 4.90 Å². The minimum Gasteiger partial charge on any atom is -0.497 e. The van der Waals surface area contributed by atoms with E-state index in [9.17, 15) is 9.59 Å². The second-order valence-electron chi connectivity index (χ2n) is 14.9. The standard InChI is InChI=1S/C38H59NO9/c1-15-30-38(11,12)31(46-32(16-2)45-30)20-23(5)24(6)25(7)44-35(40)33-28(19-22(3)4)39(36(41)48-37(8,9)10)34(47-33)27-18-17-26(42-13)21-29(27)43-14/h16-18,21-22,25,28,30-34H,2,15,19-20H2,1,3-14H3/b24-23+/t25-,28-,30-,31-,32?,33+,34?/m0/s1. The van der Waals surface area contributed by atoms with Crippen LogP contribution in [0, 0.1) is 11.3 Å². The van der Waals surface area contributed by atoms with Gasteiger partial charge in [0.25, 0.3) is 0 Å². The maximum atomic E-state index is 14.1. The molecule has 2 unspecified atom stereocenters. The molecule has 1 amide bonds. The smallest absolute Gasteiger partial charge is 0.413 e. The molecule has 2 aliphatic rings. The van der Waals surface area contributed by atoms with Gasteiger partial charge < -0.3 is 33.2 Å². The summed E-state index contributed by atoms with van der Waals surface area (Å²) < 4.78 is 41.9. The molecule has 0 radical (unpaired) electrons. The fraction of sp³-hybridized carbons (Fsp3) is 0.684. The molecule has 0 bridgehead atoms. The average molecular weight is 674 g/mol. The first-order chi connectivity index (χ1) is 22.4. The van der Waals surface area contributed by atoms with E-state index in [1.165, 1.54) is 12.0 Å². The number of ether oxygens (including phenoxy) is 7. The molecule has 7 atom stereocenters. The number of amides is 1. The van der Waals surface area contributed by atoms with Gasteiger partial charge in [0, 0.05) is 17.0 Å². The van der Waals surface area contributed by atoms with Crippen LogP contribution in [0.2, 0.25) is 0 Å². The molecule has 2 aliphatic heterocycles. The van der Waals surface area contributed by atoms with Gasteiger partial charge in [-0.25, -0.2) is 9.59 Å². The Labute approximate surface area is 288 Å². The van der Waals surface area contributed by atoms with Crippen LogP contribution in [-0.4, -0.2) is 73.5 Å². The van der Waals surface area contributed by atoms with Crippen molar-refractivity contribution in [3.63, 3.8) is 0 Å². The molecule has 2 fully saturated rings. The quantitative estimate of drug-likeness (QED) is 0.161. The fourth-order valence-corrected chi connectivity index (χ4v) is 6.41. The fourth-order valence-electron chi connectivity index (χ4n) is 6.41. The average Bonchev–Trinajstić information content (AvgIpc) is 3.38. The van der Waals surface area contributed by atoms with E-state index in [1.807, 2.05) is 34.6 Å². The van der Waals surface area contributed by atoms with Crippen molar-refractivity contribution >= 4 is 12.1 Å². The largest absolute Gasteiger partial charge is 0.497 e. The number of benzene rings is 1. The van der Waals surface area contributed by atoms with Crippen LogP contribution >= 0.6 is 0 Å². The van der Waals surface area contributed by atoms with E-state index in [-0.39, 0.29) is 23.5 Å². The molecule has 10 nitrogen and oxygen atoms in total. The number of hydrogen-bond acceptors (Lipinski definition) is 9. The SMILES string of the molecule is C=CC1O[C@@H](CC)C(C)(C)[C@H](C/C(C)=C(\C)[C@H](C)OC(=O)[C@@H]2OC(c3ccc(OC)cc3OC)N(C(=O)OC(C)(C)C)[C@H]2CC(C)C)O1. The summed E-state index contributed by atoms with van der Waals surface area (Å²) in [6, 6.07) is 4.61. The minimum atomic E-state index is -1.07. The monoisotopic (exact) mass is 673 g/mol. The van der Waals surface area contributed by atoms with Crippen LogP contribution < -0.4 is 9.47 Å². The molecule has 0 aromatic heterocycles. The number of hydrogen-bond donors (Lipinski definition) is 0. The Balaban J connectivity index is 1.94. The molecule has 270 valence electrons. The summed E-state index contributed by atoms with van der Waals surface area (Å²) in [4.78, 5) is 29.4. The van der Waals surface area contributed by atoms with Gasteiger partial charge in [0.2, 0.25) is 0 Å². The van der Waals surface area contributed by atoms with Crippen molar-refractivity contribution in [1.29, 1.82) is 0 Å². The summed E-state index contributed by atoms with van der Waals surface area (Å²) in [6.07, 6.45) is -0.0725. The van der Waals surface area contributed by atoms with Crippen LogP contribution in [0.1, 0.15) is 107 Å². The number of esters is 1. The third kappa shape index (κ3) is 9.12. The second-order valence-corrected chi connectivity index (χ2v) is 14.9. The summed E-state index contributed by atoms with van der Waals surface area (Å²) in [7, 11) is 3.10. The van der Waals surface area contributed by atoms with E-state index in [0.29, 0.717) is 29.9 Å². The van der Waals surface area contributed by atoms with Crippen molar-refractivity contribution in [3.05, 3.63) is 47.6 Å². The van der Waals surface area contributed by atoms with E-state index in [0.717, 1.165) is 17.6 Å². The van der Waals surface area contributed by atoms with E-state index in [4.69, 9.17) is 33.2 Å². The highest BCUT2D eigenvalue weighted by Gasteiger charge is 2.52. The van der Waals surface area contributed by atoms with E-state index >= 15 is 0 Å². The molecule has 2 saturated heterocycles. The lowest BCUT2D eigenvalue weighted by Gasteiger charge is -2.47. The van der Waals surface area contributed by atoms with Gasteiger partial charge in [0.15, 0.2) is 18.6 Å². The van der Waals surface area contributed by atoms with Crippen LogP contribution in [0.3, 0.4) is 0 Å². The van der Waals surface area contributed by atoms with Crippen LogP contribution in [0.5, 0.6) is 11.5 Å². The van der Waals surface area contributed by atoms with Gasteiger partial charge in [0.1, 0.15) is 23.2 Å². The molecule has 0 spiro atoms. The van der Waals surface area contributed by atoms with Crippen molar-refractivity contribution in [3.8, 4) is 11.5 Å². The molecular weight excluding hydrogens is 614 g/mol. The first-order valence-electron chi connectivity index (χ1n) is 17.1. The summed E-state index contributed by atoms with van der Waals surface area (Å²) >= 11 is 0. The number of rotatable bonds is 12. The Morgan fingerprint density at radius 1 is 1.04 bits per heavy atom. The third-order valence-electron chi connectivity index (χ3n) is 9.38. The predicted molar refractivity (Wildman–Crippen MR) is 185 cm³/mol. The molecule has 0 saturated carbocycles. The zero-order valence-corrected chi connectivity index (χ0v) is 31.4. The Morgan fingerprint density at radius 2 is 1.69 bits per heavy atom. The minimum absolute atomic E-state index is 0.0187. The number of methoxy groups -OCH3 is 2. The molecule has 1 aromatic carbocycles. The van der Waals surface area contributed by atoms with E-state index in [2.05, 4.69) is 27.4 Å². The third-order valence-corrected chi connectivity index (χ3v) is 9.38. The normalized spacial score (nSPS) is 26.8. The maximum Gasteiger partial charge on any atom is 0.413 e. The Bertz CT molecular complexity index is 1310. The predicted octanol–water partition coefficient (Wildman–Crippen LogP) is 8.14. The lowest BCUT2D eigenvalue weighted by Crippen LogP contribution is -2.51. The zero-order valence-electron chi connectivity index (χ0n) is 31.4. The van der Waals surface area contributed by atoms with Gasteiger partial charge in [-0.05, 0) is 90.5 Å². The molecule has 0 aliphatic carbocycles. The van der Waals surface area contributed by atoms with Crippen LogP contribution in [0.4, 0.5) is 4.79 Å². The summed E-state index contributed by atoms with van der Waals surface area (Å²) in [5, 5.41) is 0. The lowest BCUT2D eigenvalue weighted by atomic mass is 9.76. The number of carbonyl (C=O) groups is 2. The molecular formula is C38H59NO9. The maximum absolute atomic E-state index is 14.1. The van der Waals surface area contributed by atoms with Crippen molar-refractivity contribution < 1.29 is 42.7 Å². The topological polar surface area (TPSA) is 102 Å². The van der Waals surface area contributed by atoms with Crippen LogP contribution in [0.15, 0.2) is 42.0 Å². The molecule has 0 N–H and O–H groups in total. The Kier molecular flexibility index (Phi) is 13.2. The van der Waals surface area contributed by atoms with Gasteiger partial charge in [-0.3, -0.25) is 4.90 Å². The first kappa shape index (κ1) is 39.4. The zero-order chi connectivity index (χ0) is 36.1. The lowest BCUT2D eigenvalue weighted by molar-refractivity contribution is -0.274. The number of carbonyl (C=O) groups excluding carboxylic acids is 2. The molecule has 48 heavy (non-hydrogen) atoms. The van der Waals surface area contributed by atoms with Crippen molar-refractivity contribution in [2.24, 2.45) is 11.3 Å². The second kappa shape index (κ2) is 16.1. The summed E-state index contributed by atoms with van der Waals surface area (Å²) in [5.74, 6) is 0.614. The number of nitrogens with zero attached hydrogens (tertiary/aromatic N) is 1. The van der Waals surface area contributed by atoms with E-state index in [1.54, 1.807) is 52.2 Å². The Hall–Kier alpha value is -3.08. The highest BCUT2D eigenvalue weighted by Crippen LogP contribution is 2.44. The molecule has 3 rings (SSSR count).